The van der Waals surface area contributed by atoms with E-state index in [9.17, 15) is 24.3 Å². The summed E-state index contributed by atoms with van der Waals surface area (Å²) in [5, 5.41) is 11.8. The molecule has 0 aliphatic carbocycles. The molecule has 0 aliphatic heterocycles. The zero-order valence-electron chi connectivity index (χ0n) is 15.2. The number of amides is 1. The molecule has 2 aromatic rings. The number of aromatic amines is 1. The molecule has 3 N–H and O–H groups in total. The number of carbonyl (C=O) groups is 3. The lowest BCUT2D eigenvalue weighted by molar-refractivity contribution is -0.139. The molecule has 1 atom stereocenters. The first-order valence-electron chi connectivity index (χ1n) is 8.18. The second-order valence-electron chi connectivity index (χ2n) is 5.82. The summed E-state index contributed by atoms with van der Waals surface area (Å²) >= 11 is 1.42. The minimum absolute atomic E-state index is 0.00227. The third-order valence-corrected chi connectivity index (χ3v) is 4.09. The lowest BCUT2D eigenvalue weighted by Crippen LogP contribution is -2.43. The minimum atomic E-state index is -1.23. The average Bonchev–Trinajstić information content (AvgIpc) is 2.62. The fourth-order valence-electron chi connectivity index (χ4n) is 2.36. The fraction of sp³-hybridized carbons (Fsp3) is 0.278. The van der Waals surface area contributed by atoms with Crippen molar-refractivity contribution in [2.24, 2.45) is 0 Å². The summed E-state index contributed by atoms with van der Waals surface area (Å²) < 4.78 is 4.92. The Labute approximate surface area is 164 Å². The molecule has 28 heavy (non-hydrogen) atoms. The van der Waals surface area contributed by atoms with Crippen LogP contribution in [0.1, 0.15) is 28.8 Å². The largest absolute Gasteiger partial charge is 0.480 e. The number of nitrogens with zero attached hydrogens (tertiary/aromatic N) is 1. The maximum absolute atomic E-state index is 12.4. The highest BCUT2D eigenvalue weighted by Crippen LogP contribution is 2.14. The van der Waals surface area contributed by atoms with Crippen molar-refractivity contribution in [2.45, 2.75) is 25.1 Å². The van der Waals surface area contributed by atoms with Crippen LogP contribution in [0.3, 0.4) is 0 Å². The Bertz CT molecular complexity index is 926. The molecule has 1 aromatic heterocycles. The number of aliphatic carboxylic acids is 1. The van der Waals surface area contributed by atoms with E-state index >= 15 is 0 Å². The van der Waals surface area contributed by atoms with E-state index in [1.807, 2.05) is 6.26 Å². The summed E-state index contributed by atoms with van der Waals surface area (Å²) in [6, 6.07) is 6.06. The molecule has 0 saturated heterocycles. The Balaban J connectivity index is 2.12. The van der Waals surface area contributed by atoms with Crippen LogP contribution in [0.2, 0.25) is 0 Å². The van der Waals surface area contributed by atoms with Crippen LogP contribution in [-0.2, 0) is 21.8 Å². The zero-order valence-corrected chi connectivity index (χ0v) is 16.0. The molecule has 0 spiro atoms. The van der Waals surface area contributed by atoms with E-state index in [0.29, 0.717) is 22.9 Å². The molecule has 0 saturated carbocycles. The summed E-state index contributed by atoms with van der Waals surface area (Å²) in [4.78, 5) is 53.1. The Morgan fingerprint density at radius 2 is 1.96 bits per heavy atom. The quantitative estimate of drug-likeness (QED) is 0.436. The van der Waals surface area contributed by atoms with E-state index in [0.717, 1.165) is 6.07 Å². The van der Waals surface area contributed by atoms with Crippen molar-refractivity contribution in [3.05, 3.63) is 57.8 Å². The van der Waals surface area contributed by atoms with Gasteiger partial charge in [-0.05, 0) is 24.0 Å². The highest BCUT2D eigenvalue weighted by Gasteiger charge is 2.22. The molecule has 1 heterocycles. The van der Waals surface area contributed by atoms with E-state index in [2.05, 4.69) is 15.3 Å². The maximum Gasteiger partial charge on any atom is 0.326 e. The third kappa shape index (κ3) is 6.23. The second kappa shape index (κ2) is 9.70. The Hall–Kier alpha value is -3.14. The monoisotopic (exact) mass is 405 g/mol. The molecular formula is C18H19N3O6S. The Morgan fingerprint density at radius 3 is 2.54 bits per heavy atom. The van der Waals surface area contributed by atoms with Crippen LogP contribution in [0.25, 0.3) is 0 Å². The Kier molecular flexibility index (Phi) is 7.33. The van der Waals surface area contributed by atoms with Gasteiger partial charge in [-0.2, -0.15) is 11.8 Å². The van der Waals surface area contributed by atoms with E-state index < -0.39 is 29.4 Å². The van der Waals surface area contributed by atoms with Gasteiger partial charge in [0.2, 0.25) is 0 Å². The van der Waals surface area contributed by atoms with Gasteiger partial charge in [-0.15, -0.1) is 0 Å². The number of carboxylic acids is 1. The summed E-state index contributed by atoms with van der Waals surface area (Å²) in [5.41, 5.74) is -0.0214. The smallest absolute Gasteiger partial charge is 0.326 e. The van der Waals surface area contributed by atoms with Crippen LogP contribution in [-0.4, -0.2) is 45.2 Å². The number of nitrogens with one attached hydrogen (secondary N) is 2. The molecule has 0 aliphatic rings. The number of hydrogen-bond acceptors (Lipinski definition) is 7. The highest BCUT2D eigenvalue weighted by molar-refractivity contribution is 7.97. The number of carbonyl (C=O) groups excluding carboxylic acids is 2. The first-order chi connectivity index (χ1) is 13.3. The van der Waals surface area contributed by atoms with Gasteiger partial charge in [-0.25, -0.2) is 9.78 Å². The number of thioether (sulfide) groups is 1. The van der Waals surface area contributed by atoms with Crippen molar-refractivity contribution in [1.29, 1.82) is 0 Å². The molecule has 0 bridgehead atoms. The van der Waals surface area contributed by atoms with Crippen molar-refractivity contribution in [3.63, 3.8) is 0 Å². The van der Waals surface area contributed by atoms with Crippen LogP contribution >= 0.6 is 11.8 Å². The molecule has 0 radical (unpaired) electrons. The van der Waals surface area contributed by atoms with Crippen molar-refractivity contribution < 1.29 is 24.2 Å². The number of H-pyrrole nitrogens is 1. The minimum Gasteiger partial charge on any atom is -0.480 e. The van der Waals surface area contributed by atoms with Gasteiger partial charge in [-0.3, -0.25) is 14.4 Å². The molecule has 9 nitrogen and oxygen atoms in total. The molecule has 10 heteroatoms. The predicted octanol–water partition coefficient (Wildman–Crippen LogP) is 0.984. The van der Waals surface area contributed by atoms with Crippen LogP contribution < -0.4 is 15.6 Å². The summed E-state index contributed by atoms with van der Waals surface area (Å²) in [5.74, 6) is -1.37. The second-order valence-corrected chi connectivity index (χ2v) is 6.68. The van der Waals surface area contributed by atoms with E-state index in [1.165, 1.54) is 30.8 Å². The van der Waals surface area contributed by atoms with Crippen LogP contribution in [0.4, 0.5) is 0 Å². The van der Waals surface area contributed by atoms with Crippen LogP contribution in [0, 0.1) is 0 Å². The SMILES string of the molecule is CSCc1nc(C(=O)NC(Cc2ccc(OC(C)=O)cc2)C(=O)O)cc(=O)[nH]1. The van der Waals surface area contributed by atoms with E-state index in [1.54, 1.807) is 12.1 Å². The van der Waals surface area contributed by atoms with Crippen LogP contribution in [0.15, 0.2) is 35.1 Å². The van der Waals surface area contributed by atoms with E-state index in [4.69, 9.17) is 4.74 Å². The van der Waals surface area contributed by atoms with E-state index in [-0.39, 0.29) is 12.1 Å². The number of hydrogen-bond donors (Lipinski definition) is 3. The van der Waals surface area contributed by atoms with Crippen molar-refractivity contribution in [2.75, 3.05) is 6.26 Å². The standard InChI is InChI=1S/C18H19N3O6S/c1-10(22)27-12-5-3-11(4-6-12)7-14(18(25)26)20-17(24)13-8-16(23)21-15(19-13)9-28-2/h3-6,8,14H,7,9H2,1-2H3,(H,20,24)(H,25,26)(H,19,21,23). The first kappa shape index (κ1) is 21.2. The molecule has 1 amide bonds. The van der Waals surface area contributed by atoms with Gasteiger partial charge < -0.3 is 20.1 Å². The van der Waals surface area contributed by atoms with Gasteiger partial charge >= 0.3 is 11.9 Å². The number of ether oxygens (including phenoxy) is 1. The molecule has 1 unspecified atom stereocenters. The summed E-state index contributed by atoms with van der Waals surface area (Å²) in [6.07, 6.45) is 1.82. The lowest BCUT2D eigenvalue weighted by Gasteiger charge is -2.15. The van der Waals surface area contributed by atoms with Gasteiger partial charge in [0.15, 0.2) is 0 Å². The van der Waals surface area contributed by atoms with Crippen LogP contribution in [0.5, 0.6) is 5.75 Å². The number of benzene rings is 1. The first-order valence-corrected chi connectivity index (χ1v) is 9.58. The van der Waals surface area contributed by atoms with Gasteiger partial charge in [-0.1, -0.05) is 12.1 Å². The van der Waals surface area contributed by atoms with Crippen molar-refractivity contribution >= 4 is 29.6 Å². The average molecular weight is 405 g/mol. The maximum atomic E-state index is 12.4. The summed E-state index contributed by atoms with van der Waals surface area (Å²) in [7, 11) is 0. The lowest BCUT2D eigenvalue weighted by atomic mass is 10.1. The summed E-state index contributed by atoms with van der Waals surface area (Å²) in [6.45, 7) is 1.28. The normalized spacial score (nSPS) is 11.5. The predicted molar refractivity (Wildman–Crippen MR) is 102 cm³/mol. The topological polar surface area (TPSA) is 138 Å². The van der Waals surface area contributed by atoms with Gasteiger partial charge in [0.25, 0.3) is 11.5 Å². The fourth-order valence-corrected chi connectivity index (χ4v) is 2.77. The van der Waals surface area contributed by atoms with Crippen molar-refractivity contribution in [1.82, 2.24) is 15.3 Å². The molecule has 148 valence electrons. The molecule has 2 rings (SSSR count). The van der Waals surface area contributed by atoms with Gasteiger partial charge in [0, 0.05) is 19.4 Å². The molecular weight excluding hydrogens is 386 g/mol. The van der Waals surface area contributed by atoms with Crippen molar-refractivity contribution in [3.8, 4) is 5.75 Å². The van der Waals surface area contributed by atoms with Gasteiger partial charge in [0.05, 0.1) is 5.75 Å². The number of esters is 1. The number of carboxylic acid groups (broad SMARTS) is 1. The Morgan fingerprint density at radius 1 is 1.29 bits per heavy atom. The zero-order chi connectivity index (χ0) is 20.7. The number of aromatic nitrogens is 2. The number of rotatable bonds is 8. The molecule has 1 aromatic carbocycles. The molecule has 0 fully saturated rings. The van der Waals surface area contributed by atoms with Gasteiger partial charge in [0.1, 0.15) is 23.3 Å². The third-order valence-electron chi connectivity index (χ3n) is 3.53. The highest BCUT2D eigenvalue weighted by atomic mass is 32.2.